The summed E-state index contributed by atoms with van der Waals surface area (Å²) >= 11 is 0. The Morgan fingerprint density at radius 1 is 1.40 bits per heavy atom. The average Bonchev–Trinajstić information content (AvgIpc) is 3.18. The van der Waals surface area contributed by atoms with Gasteiger partial charge in [-0.3, -0.25) is 9.69 Å². The summed E-state index contributed by atoms with van der Waals surface area (Å²) in [6.07, 6.45) is 2.82. The lowest BCUT2D eigenvalue weighted by Gasteiger charge is -2.47. The first-order valence-corrected chi connectivity index (χ1v) is 8.76. The highest BCUT2D eigenvalue weighted by Crippen LogP contribution is 2.59. The van der Waals surface area contributed by atoms with Crippen LogP contribution >= 0.6 is 0 Å². The van der Waals surface area contributed by atoms with Crippen LogP contribution in [0, 0.1) is 5.92 Å². The van der Waals surface area contributed by atoms with E-state index in [1.807, 2.05) is 31.2 Å². The molecule has 1 N–H and O–H groups in total. The number of hydrogen-bond acceptors (Lipinski definition) is 5. The van der Waals surface area contributed by atoms with Gasteiger partial charge in [0.05, 0.1) is 30.1 Å². The Morgan fingerprint density at radius 3 is 2.96 bits per heavy atom. The molecule has 3 atom stereocenters. The van der Waals surface area contributed by atoms with Crippen LogP contribution in [-0.2, 0) is 19.7 Å². The lowest BCUT2D eigenvalue weighted by molar-refractivity contribution is -0.140. The summed E-state index contributed by atoms with van der Waals surface area (Å²) in [4.78, 5) is 28.5. The first-order chi connectivity index (χ1) is 12.1. The second-order valence-electron chi connectivity index (χ2n) is 7.24. The number of fused-ring (bicyclic) bond motifs is 2. The van der Waals surface area contributed by atoms with E-state index in [-0.39, 0.29) is 11.8 Å². The molecular weight excluding hydrogens is 316 g/mol. The summed E-state index contributed by atoms with van der Waals surface area (Å²) in [5.74, 6) is -0.743. The van der Waals surface area contributed by atoms with Crippen molar-refractivity contribution in [3.05, 3.63) is 52.7 Å². The largest absolute Gasteiger partial charge is 0.466 e. The Labute approximate surface area is 146 Å². The Bertz CT molecular complexity index is 885. The summed E-state index contributed by atoms with van der Waals surface area (Å²) in [5.41, 5.74) is 4.10. The van der Waals surface area contributed by atoms with Crippen molar-refractivity contribution >= 4 is 17.4 Å². The van der Waals surface area contributed by atoms with Gasteiger partial charge in [0.25, 0.3) is 0 Å². The Kier molecular flexibility index (Phi) is 2.87. The number of hydrogen-bond donors (Lipinski definition) is 1. The van der Waals surface area contributed by atoms with Gasteiger partial charge in [-0.2, -0.15) is 0 Å². The molecule has 128 valence electrons. The van der Waals surface area contributed by atoms with Crippen LogP contribution in [0.5, 0.6) is 0 Å². The van der Waals surface area contributed by atoms with Gasteiger partial charge in [-0.15, -0.1) is 0 Å². The van der Waals surface area contributed by atoms with Crippen LogP contribution in [0.1, 0.15) is 18.9 Å². The quantitative estimate of drug-likeness (QED) is 0.628. The zero-order valence-electron chi connectivity index (χ0n) is 14.3. The van der Waals surface area contributed by atoms with E-state index in [9.17, 15) is 9.59 Å². The van der Waals surface area contributed by atoms with Crippen LogP contribution in [0.3, 0.4) is 0 Å². The van der Waals surface area contributed by atoms with Crippen molar-refractivity contribution in [1.82, 2.24) is 4.90 Å². The minimum absolute atomic E-state index is 0.138. The molecule has 0 amide bonds. The number of methoxy groups -OCH3 is 1. The predicted molar refractivity (Wildman–Crippen MR) is 93.0 cm³/mol. The highest BCUT2D eigenvalue weighted by Gasteiger charge is 2.65. The third kappa shape index (κ3) is 1.57. The van der Waals surface area contributed by atoms with Gasteiger partial charge < -0.3 is 10.1 Å². The SMILES string of the molecule is C/C=C1/CN2CC[C@]34C(=C(C(=O)OC)[C@H]1C(=O)[C@H]23)Nc1ccccc14. The van der Waals surface area contributed by atoms with E-state index in [1.165, 1.54) is 7.11 Å². The Morgan fingerprint density at radius 2 is 2.20 bits per heavy atom. The molecule has 2 fully saturated rings. The van der Waals surface area contributed by atoms with Crippen molar-refractivity contribution in [3.63, 3.8) is 0 Å². The Balaban J connectivity index is 1.87. The van der Waals surface area contributed by atoms with E-state index in [2.05, 4.69) is 16.3 Å². The number of esters is 1. The normalized spacial score (nSPS) is 34.0. The zero-order valence-corrected chi connectivity index (χ0v) is 14.3. The van der Waals surface area contributed by atoms with Crippen LogP contribution < -0.4 is 5.32 Å². The molecule has 1 aromatic rings. The molecule has 0 unspecified atom stereocenters. The number of para-hydroxylation sites is 1. The second-order valence-corrected chi connectivity index (χ2v) is 7.24. The maximum absolute atomic E-state index is 13.5. The van der Waals surface area contributed by atoms with Gasteiger partial charge in [-0.1, -0.05) is 24.3 Å². The van der Waals surface area contributed by atoms with Crippen LogP contribution in [-0.4, -0.2) is 42.9 Å². The number of nitrogens with zero attached hydrogens (tertiary/aromatic N) is 1. The molecule has 0 saturated carbocycles. The standard InChI is InChI=1S/C20H20N2O3/c1-3-11-10-22-9-8-20-12-6-4-5-7-13(12)21-17(20)15(19(24)25-2)14(11)16(23)18(20)22/h3-7,14,18,21H,8-10H2,1-2H3/b11-3-/t14-,18-,20-/m0/s1. The van der Waals surface area contributed by atoms with Gasteiger partial charge >= 0.3 is 5.97 Å². The van der Waals surface area contributed by atoms with E-state index in [4.69, 9.17) is 4.74 Å². The molecule has 25 heavy (non-hydrogen) atoms. The number of carbonyl (C=O) groups is 2. The number of ether oxygens (including phenoxy) is 1. The number of allylic oxidation sites excluding steroid dienone is 1. The molecule has 5 nitrogen and oxygen atoms in total. The molecule has 0 aromatic heterocycles. The fraction of sp³-hybridized carbons (Fsp3) is 0.400. The first-order valence-electron chi connectivity index (χ1n) is 8.76. The van der Waals surface area contributed by atoms with Gasteiger partial charge in [0.1, 0.15) is 0 Å². The molecular formula is C20H20N2O3. The van der Waals surface area contributed by atoms with E-state index in [0.717, 1.165) is 42.0 Å². The molecule has 5 heteroatoms. The van der Waals surface area contributed by atoms with E-state index >= 15 is 0 Å². The van der Waals surface area contributed by atoms with Crippen molar-refractivity contribution in [2.75, 3.05) is 25.5 Å². The number of benzene rings is 1. The van der Waals surface area contributed by atoms with Crippen LogP contribution in [0.2, 0.25) is 0 Å². The lowest BCUT2D eigenvalue weighted by Crippen LogP contribution is -2.59. The second kappa shape index (κ2) is 4.82. The third-order valence-electron chi connectivity index (χ3n) is 6.38. The molecule has 3 aliphatic heterocycles. The number of anilines is 1. The minimum atomic E-state index is -0.485. The van der Waals surface area contributed by atoms with Crippen molar-refractivity contribution in [3.8, 4) is 0 Å². The topological polar surface area (TPSA) is 58.6 Å². The van der Waals surface area contributed by atoms with Crippen molar-refractivity contribution in [2.24, 2.45) is 5.92 Å². The maximum atomic E-state index is 13.5. The molecule has 2 saturated heterocycles. The number of rotatable bonds is 1. The van der Waals surface area contributed by atoms with E-state index in [0.29, 0.717) is 5.57 Å². The van der Waals surface area contributed by atoms with Crippen LogP contribution in [0.15, 0.2) is 47.2 Å². The number of Topliss-reactive ketones (excluding diaryl/α,β-unsaturated/α-hetero) is 1. The third-order valence-corrected chi connectivity index (χ3v) is 6.38. The number of piperidine rings is 1. The monoisotopic (exact) mass is 336 g/mol. The molecule has 3 heterocycles. The molecule has 0 radical (unpaired) electrons. The summed E-state index contributed by atoms with van der Waals surface area (Å²) < 4.78 is 5.10. The number of nitrogens with one attached hydrogen (secondary N) is 1. The molecule has 4 aliphatic rings. The van der Waals surface area contributed by atoms with E-state index in [1.54, 1.807) is 0 Å². The fourth-order valence-electron chi connectivity index (χ4n) is 5.43. The van der Waals surface area contributed by atoms with Gasteiger partial charge in [0, 0.05) is 24.5 Å². The highest BCUT2D eigenvalue weighted by molar-refractivity contribution is 6.08. The van der Waals surface area contributed by atoms with Gasteiger partial charge in [0.15, 0.2) is 5.78 Å². The van der Waals surface area contributed by atoms with Crippen LogP contribution in [0.4, 0.5) is 5.69 Å². The molecule has 1 spiro atoms. The smallest absolute Gasteiger partial charge is 0.336 e. The number of carbonyl (C=O) groups excluding carboxylic acids is 2. The van der Waals surface area contributed by atoms with Crippen LogP contribution in [0.25, 0.3) is 0 Å². The predicted octanol–water partition coefficient (Wildman–Crippen LogP) is 2.01. The average molecular weight is 336 g/mol. The summed E-state index contributed by atoms with van der Waals surface area (Å²) in [5, 5.41) is 3.49. The van der Waals surface area contributed by atoms with Gasteiger partial charge in [0.2, 0.25) is 0 Å². The van der Waals surface area contributed by atoms with Crippen molar-refractivity contribution in [2.45, 2.75) is 24.8 Å². The van der Waals surface area contributed by atoms with Gasteiger partial charge in [-0.25, -0.2) is 4.79 Å². The molecule has 2 bridgehead atoms. The Hall–Kier alpha value is -2.40. The number of ketones is 1. The minimum Gasteiger partial charge on any atom is -0.466 e. The summed E-state index contributed by atoms with van der Waals surface area (Å²) in [7, 11) is 1.39. The van der Waals surface area contributed by atoms with E-state index < -0.39 is 17.3 Å². The first kappa shape index (κ1) is 14.9. The zero-order chi connectivity index (χ0) is 17.3. The van der Waals surface area contributed by atoms with Crippen molar-refractivity contribution in [1.29, 1.82) is 0 Å². The lowest BCUT2D eigenvalue weighted by atomic mass is 9.61. The molecule has 1 aromatic carbocycles. The van der Waals surface area contributed by atoms with Crippen molar-refractivity contribution < 1.29 is 14.3 Å². The highest BCUT2D eigenvalue weighted by atomic mass is 16.5. The summed E-state index contributed by atoms with van der Waals surface area (Å²) in [6.45, 7) is 3.54. The maximum Gasteiger partial charge on any atom is 0.336 e. The molecule has 5 rings (SSSR count). The summed E-state index contributed by atoms with van der Waals surface area (Å²) in [6, 6.07) is 7.91. The van der Waals surface area contributed by atoms with Gasteiger partial charge in [-0.05, 0) is 30.5 Å². The molecule has 1 aliphatic carbocycles. The fourth-order valence-corrected chi connectivity index (χ4v) is 5.43.